The van der Waals surface area contributed by atoms with Crippen LogP contribution in [0.3, 0.4) is 0 Å². The zero-order chi connectivity index (χ0) is 17.3. The van der Waals surface area contributed by atoms with Crippen LogP contribution in [0.4, 0.5) is 0 Å². The molecule has 1 aromatic heterocycles. The number of hydrogen-bond donors (Lipinski definition) is 0. The lowest BCUT2D eigenvalue weighted by atomic mass is 10.0. The Labute approximate surface area is 139 Å². The number of carbonyl (C=O) groups is 1. The number of fused-ring (bicyclic) bond motifs is 1. The van der Waals surface area contributed by atoms with Gasteiger partial charge in [0.15, 0.2) is 5.78 Å². The first-order valence-electron chi connectivity index (χ1n) is 7.90. The van der Waals surface area contributed by atoms with Gasteiger partial charge in [-0.1, -0.05) is 0 Å². The van der Waals surface area contributed by atoms with E-state index in [0.29, 0.717) is 24.4 Å². The molecule has 0 aliphatic carbocycles. The third-order valence-electron chi connectivity index (χ3n) is 4.24. The van der Waals surface area contributed by atoms with E-state index in [0.717, 1.165) is 11.0 Å². The summed E-state index contributed by atoms with van der Waals surface area (Å²) in [5.74, 6) is 0.732. The first kappa shape index (κ1) is 16.5. The number of ketones is 1. The zero-order valence-corrected chi connectivity index (χ0v) is 14.0. The highest BCUT2D eigenvalue weighted by molar-refractivity contribution is 5.89. The highest BCUT2D eigenvalue weighted by Crippen LogP contribution is 2.30. The minimum absolute atomic E-state index is 0.116. The summed E-state index contributed by atoms with van der Waals surface area (Å²) >= 11 is 0. The number of rotatable bonds is 4. The van der Waals surface area contributed by atoms with Crippen LogP contribution in [0.2, 0.25) is 0 Å². The summed E-state index contributed by atoms with van der Waals surface area (Å²) in [6, 6.07) is 8.46. The molecule has 1 aliphatic heterocycles. The van der Waals surface area contributed by atoms with E-state index < -0.39 is 5.60 Å². The highest BCUT2D eigenvalue weighted by atomic mass is 16.5. The molecule has 2 heterocycles. The second-order valence-corrected chi connectivity index (χ2v) is 6.46. The third-order valence-corrected chi connectivity index (χ3v) is 4.24. The predicted octanol–water partition coefficient (Wildman–Crippen LogP) is 3.25. The van der Waals surface area contributed by atoms with E-state index in [1.54, 1.807) is 26.0 Å². The van der Waals surface area contributed by atoms with Gasteiger partial charge in [0.05, 0.1) is 6.10 Å². The molecule has 0 amide bonds. The van der Waals surface area contributed by atoms with E-state index in [1.807, 2.05) is 25.1 Å². The molecule has 1 aromatic carbocycles. The van der Waals surface area contributed by atoms with Gasteiger partial charge in [0.1, 0.15) is 23.5 Å². The van der Waals surface area contributed by atoms with E-state index in [2.05, 4.69) is 0 Å². The summed E-state index contributed by atoms with van der Waals surface area (Å²) in [5, 5.41) is 0.841. The summed E-state index contributed by atoms with van der Waals surface area (Å²) in [6.45, 7) is 5.87. The van der Waals surface area contributed by atoms with Gasteiger partial charge < -0.3 is 13.9 Å². The Kier molecular flexibility index (Phi) is 4.28. The molecule has 1 fully saturated rings. The number of carbonyl (C=O) groups excluding carboxylic acids is 1. The Balaban J connectivity index is 1.65. The molecule has 0 bridgehead atoms. The van der Waals surface area contributed by atoms with Gasteiger partial charge >= 0.3 is 5.63 Å². The molecular weight excluding hydrogens is 308 g/mol. The highest BCUT2D eigenvalue weighted by Gasteiger charge is 2.40. The van der Waals surface area contributed by atoms with Crippen LogP contribution in [-0.2, 0) is 9.53 Å². The fraction of sp³-hybridized carbons (Fsp3) is 0.368. The molecular formula is C19H20O5. The van der Waals surface area contributed by atoms with E-state index in [9.17, 15) is 9.59 Å². The predicted molar refractivity (Wildman–Crippen MR) is 90.3 cm³/mol. The van der Waals surface area contributed by atoms with Crippen LogP contribution in [0.15, 0.2) is 51.2 Å². The van der Waals surface area contributed by atoms with Crippen molar-refractivity contribution in [3.63, 3.8) is 0 Å². The topological polar surface area (TPSA) is 65.7 Å². The Bertz CT molecular complexity index is 859. The van der Waals surface area contributed by atoms with Crippen LogP contribution in [0, 0.1) is 0 Å². The molecule has 0 saturated carbocycles. The van der Waals surface area contributed by atoms with Crippen molar-refractivity contribution in [3.05, 3.63) is 52.4 Å². The molecule has 24 heavy (non-hydrogen) atoms. The Hall–Kier alpha value is -2.40. The molecule has 1 atom stereocenters. The second-order valence-electron chi connectivity index (χ2n) is 6.46. The molecule has 0 spiro atoms. The van der Waals surface area contributed by atoms with Gasteiger partial charge in [0.25, 0.3) is 0 Å². The standard InChI is InChI=1S/C19H20O5/c1-12(15-11-17(20)19(2,3)24-15)8-9-22-14-6-4-13-5-7-18(21)23-16(13)10-14/h4-8,10,15H,9,11H2,1-3H3/b12-8-. The molecule has 1 saturated heterocycles. The van der Waals surface area contributed by atoms with Crippen molar-refractivity contribution in [2.24, 2.45) is 0 Å². The largest absolute Gasteiger partial charge is 0.489 e. The summed E-state index contributed by atoms with van der Waals surface area (Å²) in [5.41, 5.74) is 0.366. The fourth-order valence-corrected chi connectivity index (χ4v) is 2.66. The summed E-state index contributed by atoms with van der Waals surface area (Å²) < 4.78 is 16.6. The zero-order valence-electron chi connectivity index (χ0n) is 14.0. The molecule has 5 nitrogen and oxygen atoms in total. The maximum atomic E-state index is 11.8. The van der Waals surface area contributed by atoms with Crippen LogP contribution in [0.5, 0.6) is 5.75 Å². The second kappa shape index (κ2) is 6.24. The summed E-state index contributed by atoms with van der Waals surface area (Å²) in [6.07, 6.45) is 2.12. The quantitative estimate of drug-likeness (QED) is 0.637. The van der Waals surface area contributed by atoms with Gasteiger partial charge in [-0.15, -0.1) is 0 Å². The van der Waals surface area contributed by atoms with Crippen LogP contribution in [0.25, 0.3) is 11.0 Å². The molecule has 5 heteroatoms. The molecule has 3 rings (SSSR count). The number of Topliss-reactive ketones (excluding diaryl/α,β-unsaturated/α-hetero) is 1. The molecule has 1 aliphatic rings. The average molecular weight is 328 g/mol. The molecule has 2 aromatic rings. The fourth-order valence-electron chi connectivity index (χ4n) is 2.66. The smallest absolute Gasteiger partial charge is 0.336 e. The van der Waals surface area contributed by atoms with Crippen LogP contribution < -0.4 is 10.4 Å². The van der Waals surface area contributed by atoms with Gasteiger partial charge in [-0.2, -0.15) is 0 Å². The Morgan fingerprint density at radius 1 is 1.29 bits per heavy atom. The van der Waals surface area contributed by atoms with E-state index in [-0.39, 0.29) is 17.5 Å². The van der Waals surface area contributed by atoms with Crippen molar-refractivity contribution >= 4 is 16.8 Å². The lowest BCUT2D eigenvalue weighted by Crippen LogP contribution is -2.27. The first-order valence-corrected chi connectivity index (χ1v) is 7.90. The van der Waals surface area contributed by atoms with Crippen molar-refractivity contribution in [2.75, 3.05) is 6.61 Å². The SMILES string of the molecule is C/C(=C/COc1ccc2ccc(=O)oc2c1)C1CC(=O)C(C)(C)O1. The van der Waals surface area contributed by atoms with Gasteiger partial charge in [-0.3, -0.25) is 4.79 Å². The Morgan fingerprint density at radius 3 is 2.75 bits per heavy atom. The van der Waals surface area contributed by atoms with Crippen LogP contribution >= 0.6 is 0 Å². The van der Waals surface area contributed by atoms with Crippen molar-refractivity contribution in [1.29, 1.82) is 0 Å². The van der Waals surface area contributed by atoms with Gasteiger partial charge in [-0.25, -0.2) is 4.79 Å². The van der Waals surface area contributed by atoms with Crippen molar-refractivity contribution in [3.8, 4) is 5.75 Å². The summed E-state index contributed by atoms with van der Waals surface area (Å²) in [7, 11) is 0. The molecule has 1 unspecified atom stereocenters. The number of benzene rings is 1. The average Bonchev–Trinajstić information content (AvgIpc) is 2.80. The van der Waals surface area contributed by atoms with E-state index >= 15 is 0 Å². The maximum absolute atomic E-state index is 11.8. The van der Waals surface area contributed by atoms with Crippen molar-refractivity contribution in [1.82, 2.24) is 0 Å². The lowest BCUT2D eigenvalue weighted by Gasteiger charge is -2.18. The van der Waals surface area contributed by atoms with E-state index in [1.165, 1.54) is 6.07 Å². The van der Waals surface area contributed by atoms with Crippen molar-refractivity contribution < 1.29 is 18.7 Å². The number of hydrogen-bond acceptors (Lipinski definition) is 5. The number of ether oxygens (including phenoxy) is 2. The van der Waals surface area contributed by atoms with Crippen LogP contribution in [0.1, 0.15) is 27.2 Å². The van der Waals surface area contributed by atoms with Gasteiger partial charge in [0.2, 0.25) is 0 Å². The third kappa shape index (κ3) is 3.41. The Morgan fingerprint density at radius 2 is 2.04 bits per heavy atom. The van der Waals surface area contributed by atoms with Crippen molar-refractivity contribution in [2.45, 2.75) is 38.9 Å². The van der Waals surface area contributed by atoms with Gasteiger partial charge in [-0.05, 0) is 50.6 Å². The minimum Gasteiger partial charge on any atom is -0.489 e. The molecule has 0 N–H and O–H groups in total. The summed E-state index contributed by atoms with van der Waals surface area (Å²) in [4.78, 5) is 23.1. The van der Waals surface area contributed by atoms with E-state index in [4.69, 9.17) is 13.9 Å². The lowest BCUT2D eigenvalue weighted by molar-refractivity contribution is -0.129. The maximum Gasteiger partial charge on any atom is 0.336 e. The molecule has 0 radical (unpaired) electrons. The minimum atomic E-state index is -0.712. The van der Waals surface area contributed by atoms with Crippen LogP contribution in [-0.4, -0.2) is 24.1 Å². The van der Waals surface area contributed by atoms with Gasteiger partial charge in [0, 0.05) is 23.9 Å². The first-order chi connectivity index (χ1) is 11.3. The molecule has 126 valence electrons. The monoisotopic (exact) mass is 328 g/mol. The normalized spacial score (nSPS) is 20.5.